The molecule has 5 fully saturated rings. The standard InChI is InChI=1S/C52H52N16O22S4/c1-19-27(88-51(81)86-19)15-84-49(79)64-7-5-25(13-64)66-9-3-21(40(66)71)11-23-17-91-39(57-29(23)44(74)75)32(55-37(69)30(60-83)35-58-47(53)93-62-35)46(78)90-61-31(36-59-48(54)94-63-36)38(70)56-33-42(73)68-34(45(76)77)24(18-92-43(33)68)12-22-4-10-67(41(22)72)26-6-8-65(14-26)50(80)85-16-28-20(2)87-52(82)89-28/h11-12,25-26,32-33,39,43,57,83H,3-10,13-18H2,1-2H3,(H,55,69)(H,56,70)(H,74,75)(H,76,77)(H2,53,58,62)(H2,54,59,63)/b21-11?,22-12?,60-30-,61-31-/t25-,26-,32+,33-,39-,43-/m1/s1. The molecule has 10 N–H and O–H groups in total. The maximum atomic E-state index is 14.4. The number of nitrogens with one attached hydrogen (secondary N) is 3. The Labute approximate surface area is 542 Å². The number of nitrogen functional groups attached to an aromatic ring is 2. The van der Waals surface area contributed by atoms with Crippen molar-refractivity contribution in [3.05, 3.63) is 102 Å². The number of ether oxygens (including phenoxy) is 2. The van der Waals surface area contributed by atoms with E-state index < -0.39 is 141 Å². The molecule has 6 atom stereocenters. The second-order valence-corrected chi connectivity index (χ2v) is 25.2. The van der Waals surface area contributed by atoms with Gasteiger partial charge in [0.25, 0.3) is 17.7 Å². The van der Waals surface area contributed by atoms with E-state index in [2.05, 4.69) is 45.0 Å². The number of β-lactam (4-membered cyclic amide) rings is 1. The van der Waals surface area contributed by atoms with E-state index in [4.69, 9.17) is 43.4 Å². The molecule has 0 radical (unpaired) electrons. The fourth-order valence-electron chi connectivity index (χ4n) is 11.1. The Morgan fingerprint density at radius 1 is 0.723 bits per heavy atom. The van der Waals surface area contributed by atoms with E-state index in [1.165, 1.54) is 35.8 Å². The molecule has 0 bridgehead atoms. The van der Waals surface area contributed by atoms with E-state index in [0.29, 0.717) is 35.9 Å². The van der Waals surface area contributed by atoms with Crippen LogP contribution in [0.5, 0.6) is 0 Å². The van der Waals surface area contributed by atoms with E-state index in [9.17, 15) is 73.0 Å². The molecule has 11 heterocycles. The third-order valence-corrected chi connectivity index (χ3v) is 19.3. The molecule has 0 aliphatic carbocycles. The zero-order valence-corrected chi connectivity index (χ0v) is 52.1. The van der Waals surface area contributed by atoms with Gasteiger partial charge < -0.3 is 94.4 Å². The van der Waals surface area contributed by atoms with Crippen LogP contribution < -0.4 is 39.1 Å². The molecule has 7 aliphatic heterocycles. The van der Waals surface area contributed by atoms with Crippen LogP contribution >= 0.6 is 46.6 Å². The quantitative estimate of drug-likeness (QED) is 0.0136. The topological polar surface area (TPSA) is 526 Å². The summed E-state index contributed by atoms with van der Waals surface area (Å²) in [5.41, 5.74) is 9.48. The van der Waals surface area contributed by atoms with Gasteiger partial charge in [0, 0.05) is 85.0 Å². The van der Waals surface area contributed by atoms with Crippen molar-refractivity contribution in [3.8, 4) is 0 Å². The van der Waals surface area contributed by atoms with Crippen LogP contribution in [0.25, 0.3) is 0 Å². The second kappa shape index (κ2) is 27.1. The van der Waals surface area contributed by atoms with Gasteiger partial charge in [-0.2, -0.15) is 18.7 Å². The highest BCUT2D eigenvalue weighted by molar-refractivity contribution is 8.00. The van der Waals surface area contributed by atoms with Crippen molar-refractivity contribution in [1.29, 1.82) is 0 Å². The number of hydrogen-bond donors (Lipinski definition) is 8. The number of aliphatic carboxylic acids is 2. The molecule has 4 aromatic heterocycles. The van der Waals surface area contributed by atoms with Gasteiger partial charge in [0.15, 0.2) is 52.6 Å². The van der Waals surface area contributed by atoms with Crippen LogP contribution in [0.4, 0.5) is 19.9 Å². The molecule has 496 valence electrons. The Hall–Kier alpha value is -10.4. The van der Waals surface area contributed by atoms with E-state index in [0.717, 1.165) is 28.4 Å². The predicted molar refractivity (Wildman–Crippen MR) is 318 cm³/mol. The van der Waals surface area contributed by atoms with Gasteiger partial charge in [0.2, 0.25) is 34.9 Å². The zero-order valence-electron chi connectivity index (χ0n) is 48.8. The number of hydrogen-bond acceptors (Lipinski definition) is 33. The van der Waals surface area contributed by atoms with Crippen LogP contribution in [0.15, 0.2) is 83.4 Å². The number of anilines is 2. The molecule has 0 saturated carbocycles. The molecule has 0 unspecified atom stereocenters. The van der Waals surface area contributed by atoms with Crippen molar-refractivity contribution < 1.29 is 95.3 Å². The number of carbonyl (C=O) groups excluding carboxylic acids is 8. The van der Waals surface area contributed by atoms with Crippen molar-refractivity contribution in [2.45, 2.75) is 87.7 Å². The number of nitrogens with two attached hydrogens (primary N) is 2. The Morgan fingerprint density at radius 3 is 1.74 bits per heavy atom. The first-order valence-electron chi connectivity index (χ1n) is 28.1. The van der Waals surface area contributed by atoms with Crippen molar-refractivity contribution in [3.63, 3.8) is 0 Å². The van der Waals surface area contributed by atoms with Gasteiger partial charge in [-0.3, -0.25) is 28.9 Å². The number of amides is 7. The third kappa shape index (κ3) is 13.5. The van der Waals surface area contributed by atoms with E-state index in [1.807, 2.05) is 0 Å². The number of nitrogens with zero attached hydrogens (tertiary/aromatic N) is 11. The lowest BCUT2D eigenvalue weighted by atomic mass is 10.0. The van der Waals surface area contributed by atoms with E-state index >= 15 is 0 Å². The Kier molecular flexibility index (Phi) is 18.8. The number of likely N-dealkylation sites (tertiary alicyclic amines) is 4. The molecule has 42 heteroatoms. The van der Waals surface area contributed by atoms with Gasteiger partial charge in [-0.25, -0.2) is 33.6 Å². The minimum atomic E-state index is -2.02. The molecule has 0 aromatic carbocycles. The largest absolute Gasteiger partial charge is 0.519 e. The monoisotopic (exact) mass is 1380 g/mol. The zero-order chi connectivity index (χ0) is 67.0. The van der Waals surface area contributed by atoms with Gasteiger partial charge in [-0.1, -0.05) is 10.3 Å². The normalized spacial score (nSPS) is 22.9. The van der Waals surface area contributed by atoms with Crippen LogP contribution in [0.3, 0.4) is 0 Å². The number of carbonyl (C=O) groups is 10. The van der Waals surface area contributed by atoms with Crippen LogP contribution in [0.1, 0.15) is 60.4 Å². The van der Waals surface area contributed by atoms with Gasteiger partial charge in [-0.05, 0) is 62.8 Å². The van der Waals surface area contributed by atoms with Gasteiger partial charge in [-0.15, -0.1) is 23.5 Å². The second-order valence-electron chi connectivity index (χ2n) is 21.4. The summed E-state index contributed by atoms with van der Waals surface area (Å²) in [5, 5.41) is 42.2. The number of aryl methyl sites for hydroxylation is 2. The maximum absolute atomic E-state index is 14.4. The predicted octanol–water partition coefficient (Wildman–Crippen LogP) is -1.25. The lowest BCUT2D eigenvalue weighted by Gasteiger charge is -2.49. The third-order valence-electron chi connectivity index (χ3n) is 15.7. The maximum Gasteiger partial charge on any atom is 0.519 e. The number of fused-ring (bicyclic) bond motifs is 1. The summed E-state index contributed by atoms with van der Waals surface area (Å²) in [6.45, 7) is 3.38. The molecular formula is C52H52N16O22S4. The molecule has 7 amide bonds. The lowest BCUT2D eigenvalue weighted by Crippen LogP contribution is -2.71. The summed E-state index contributed by atoms with van der Waals surface area (Å²) in [5.74, 6) is -11.8. The first-order valence-corrected chi connectivity index (χ1v) is 31.7. The summed E-state index contributed by atoms with van der Waals surface area (Å²) in [7, 11) is 0. The van der Waals surface area contributed by atoms with Crippen LogP contribution in [0, 0.1) is 13.8 Å². The molecular weight excluding hydrogens is 1330 g/mol. The highest BCUT2D eigenvalue weighted by atomic mass is 32.2. The minimum Gasteiger partial charge on any atom is -0.477 e. The molecule has 0 spiro atoms. The average molecular weight is 1380 g/mol. The van der Waals surface area contributed by atoms with Crippen molar-refractivity contribution in [2.24, 2.45) is 10.3 Å². The van der Waals surface area contributed by atoms with Crippen LogP contribution in [0.2, 0.25) is 0 Å². The Balaban J connectivity index is 0.767. The summed E-state index contributed by atoms with van der Waals surface area (Å²) in [6, 6.07) is -4.33. The van der Waals surface area contributed by atoms with Crippen molar-refractivity contribution in [1.82, 2.24) is 59.2 Å². The molecule has 38 nitrogen and oxygen atoms in total. The Bertz CT molecular complexity index is 4160. The summed E-state index contributed by atoms with van der Waals surface area (Å²) >= 11 is 3.09. The van der Waals surface area contributed by atoms with E-state index in [-0.39, 0.29) is 132 Å². The lowest BCUT2D eigenvalue weighted by molar-refractivity contribution is -0.150. The number of carboxylic acids is 2. The highest BCUT2D eigenvalue weighted by Gasteiger charge is 2.55. The number of oxime groups is 2. The smallest absolute Gasteiger partial charge is 0.477 e. The average Bonchev–Trinajstić information content (AvgIpc) is 1.56. The van der Waals surface area contributed by atoms with Crippen molar-refractivity contribution >= 4 is 128 Å². The summed E-state index contributed by atoms with van der Waals surface area (Å²) in [6.07, 6.45) is 2.50. The fourth-order valence-corrected chi connectivity index (χ4v) is 14.4. The first-order chi connectivity index (χ1) is 44.9. The highest BCUT2D eigenvalue weighted by Crippen LogP contribution is 2.42. The number of carboxylic acid groups (broad SMARTS) is 2. The molecule has 94 heavy (non-hydrogen) atoms. The molecule has 4 aromatic rings. The van der Waals surface area contributed by atoms with Crippen molar-refractivity contribution in [2.75, 3.05) is 62.2 Å². The number of rotatable bonds is 19. The minimum absolute atomic E-state index is 0.0363. The molecule has 11 rings (SSSR count). The molecule has 5 saturated heterocycles. The first kappa shape index (κ1) is 65.1. The summed E-state index contributed by atoms with van der Waals surface area (Å²) in [4.78, 5) is 179. The number of aromatic nitrogens is 4. The summed E-state index contributed by atoms with van der Waals surface area (Å²) < 4.78 is 37.8. The molecule has 7 aliphatic rings. The van der Waals surface area contributed by atoms with Gasteiger partial charge in [0.1, 0.15) is 28.2 Å². The van der Waals surface area contributed by atoms with Crippen LogP contribution in [-0.4, -0.2) is 215 Å². The fraction of sp³-hybridized carbons (Fsp3) is 0.423. The Morgan fingerprint density at radius 2 is 1.26 bits per heavy atom. The van der Waals surface area contributed by atoms with Crippen LogP contribution in [-0.2, 0) is 65.9 Å². The van der Waals surface area contributed by atoms with Gasteiger partial charge in [0.05, 0.1) is 12.1 Å². The SMILES string of the molecule is Cc1oc(=O)oc1COC(=O)N1CC[C@@H](N2CCC(=CC3=C(C(=O)O)N[C@@H]([C@H](NC(=O)/C(=N\O)c4nsc(N)n4)C(=O)O/N=C(\C(=O)N[C@@H]4C(=O)N5C(C(=O)O)=C(C=C6CCN([C@@H]7CCN(C(=O)OCc8oc(=O)oc8C)C7)C6=O)CS[C@H]45)c4nsc(N)n4)SC3)C2=O)C1. The number of thioether (sulfide) groups is 2. The van der Waals surface area contributed by atoms with E-state index in [1.54, 1.807) is 9.80 Å². The number of allylic oxidation sites excluding steroid dienone is 2. The van der Waals surface area contributed by atoms with Gasteiger partial charge >= 0.3 is 41.7 Å².